The molecule has 1 N–H and O–H groups in total. The van der Waals surface area contributed by atoms with E-state index in [0.29, 0.717) is 6.54 Å². The molecule has 1 amide bonds. The van der Waals surface area contributed by atoms with Crippen LogP contribution in [0.1, 0.15) is 31.4 Å². The van der Waals surface area contributed by atoms with Crippen LogP contribution in [0, 0.1) is 0 Å². The SMILES string of the molecule is CC(Sc1ccccc1)C(=O)NCC(c1ccccc1)N1CCCC1. The van der Waals surface area contributed by atoms with E-state index in [1.165, 1.54) is 18.4 Å². The molecule has 1 fully saturated rings. The summed E-state index contributed by atoms with van der Waals surface area (Å²) in [4.78, 5) is 16.2. The van der Waals surface area contributed by atoms with Gasteiger partial charge in [-0.25, -0.2) is 0 Å². The van der Waals surface area contributed by atoms with Crippen molar-refractivity contribution in [3.05, 3.63) is 66.2 Å². The van der Waals surface area contributed by atoms with Crippen molar-refractivity contribution < 1.29 is 4.79 Å². The van der Waals surface area contributed by atoms with E-state index < -0.39 is 0 Å². The average molecular weight is 355 g/mol. The van der Waals surface area contributed by atoms with Gasteiger partial charge in [-0.2, -0.15) is 0 Å². The molecule has 2 aromatic rings. The highest BCUT2D eigenvalue weighted by molar-refractivity contribution is 8.00. The summed E-state index contributed by atoms with van der Waals surface area (Å²) >= 11 is 1.61. The summed E-state index contributed by atoms with van der Waals surface area (Å²) in [6, 6.07) is 20.9. The number of likely N-dealkylation sites (tertiary alicyclic amines) is 1. The summed E-state index contributed by atoms with van der Waals surface area (Å²) in [6.45, 7) is 4.87. The lowest BCUT2D eigenvalue weighted by molar-refractivity contribution is -0.120. The second-order valence-corrected chi connectivity index (χ2v) is 7.90. The Morgan fingerprint density at radius 3 is 2.28 bits per heavy atom. The van der Waals surface area contributed by atoms with Gasteiger partial charge in [0.15, 0.2) is 0 Å². The molecule has 3 nitrogen and oxygen atoms in total. The standard InChI is InChI=1S/C21H26N2OS/c1-17(25-19-12-6-3-7-13-19)21(24)22-16-20(23-14-8-9-15-23)18-10-4-2-5-11-18/h2-7,10-13,17,20H,8-9,14-16H2,1H3,(H,22,24). The van der Waals surface area contributed by atoms with Gasteiger partial charge in [-0.05, 0) is 50.6 Å². The van der Waals surface area contributed by atoms with Gasteiger partial charge in [0.2, 0.25) is 5.91 Å². The lowest BCUT2D eigenvalue weighted by Crippen LogP contribution is -2.39. The van der Waals surface area contributed by atoms with E-state index in [1.54, 1.807) is 11.8 Å². The van der Waals surface area contributed by atoms with Crippen LogP contribution in [0.25, 0.3) is 0 Å². The quantitative estimate of drug-likeness (QED) is 0.759. The lowest BCUT2D eigenvalue weighted by atomic mass is 10.1. The van der Waals surface area contributed by atoms with Crippen molar-refractivity contribution >= 4 is 17.7 Å². The van der Waals surface area contributed by atoms with Crippen molar-refractivity contribution in [2.45, 2.75) is 36.0 Å². The van der Waals surface area contributed by atoms with Crippen LogP contribution in [0.5, 0.6) is 0 Å². The topological polar surface area (TPSA) is 32.3 Å². The van der Waals surface area contributed by atoms with E-state index in [2.05, 4.69) is 34.5 Å². The largest absolute Gasteiger partial charge is 0.353 e. The third-order valence-corrected chi connectivity index (χ3v) is 5.77. The first kappa shape index (κ1) is 18.0. The normalized spacial score (nSPS) is 17.2. The first-order valence-electron chi connectivity index (χ1n) is 9.02. The van der Waals surface area contributed by atoms with Crippen LogP contribution >= 0.6 is 11.8 Å². The molecule has 132 valence electrons. The summed E-state index contributed by atoms with van der Waals surface area (Å²) < 4.78 is 0. The molecule has 3 rings (SSSR count). The Hall–Kier alpha value is -1.78. The van der Waals surface area contributed by atoms with Gasteiger partial charge in [-0.3, -0.25) is 9.69 Å². The number of nitrogens with one attached hydrogen (secondary N) is 1. The Bertz CT molecular complexity index is 656. The fourth-order valence-corrected chi connectivity index (χ4v) is 4.20. The van der Waals surface area contributed by atoms with Gasteiger partial charge >= 0.3 is 0 Å². The van der Waals surface area contributed by atoms with Gasteiger partial charge in [-0.1, -0.05) is 48.5 Å². The van der Waals surface area contributed by atoms with Gasteiger partial charge in [-0.15, -0.1) is 11.8 Å². The van der Waals surface area contributed by atoms with Crippen LogP contribution in [-0.2, 0) is 4.79 Å². The van der Waals surface area contributed by atoms with E-state index in [9.17, 15) is 4.79 Å². The van der Waals surface area contributed by atoms with Crippen LogP contribution in [0.2, 0.25) is 0 Å². The Morgan fingerprint density at radius 1 is 1.04 bits per heavy atom. The predicted molar refractivity (Wildman–Crippen MR) is 105 cm³/mol. The molecule has 1 heterocycles. The summed E-state index contributed by atoms with van der Waals surface area (Å²) in [5, 5.41) is 3.08. The number of hydrogen-bond donors (Lipinski definition) is 1. The molecule has 1 aliphatic heterocycles. The third kappa shape index (κ3) is 5.10. The maximum atomic E-state index is 12.5. The summed E-state index contributed by atoms with van der Waals surface area (Å²) in [7, 11) is 0. The molecular weight excluding hydrogens is 328 g/mol. The number of carbonyl (C=O) groups excluding carboxylic acids is 1. The minimum atomic E-state index is -0.0996. The van der Waals surface area contributed by atoms with E-state index >= 15 is 0 Å². The summed E-state index contributed by atoms with van der Waals surface area (Å²) in [6.07, 6.45) is 2.50. The number of amides is 1. The number of thioether (sulfide) groups is 1. The van der Waals surface area contributed by atoms with Crippen molar-refractivity contribution in [2.24, 2.45) is 0 Å². The number of benzene rings is 2. The molecule has 1 aliphatic rings. The highest BCUT2D eigenvalue weighted by Crippen LogP contribution is 2.25. The average Bonchev–Trinajstić information content (AvgIpc) is 3.18. The van der Waals surface area contributed by atoms with Gasteiger partial charge in [0.1, 0.15) is 0 Å². The number of rotatable bonds is 7. The van der Waals surface area contributed by atoms with Gasteiger partial charge in [0.05, 0.1) is 11.3 Å². The molecular formula is C21H26N2OS. The maximum Gasteiger partial charge on any atom is 0.233 e. The first-order chi connectivity index (χ1) is 12.2. The van der Waals surface area contributed by atoms with Crippen LogP contribution in [0.15, 0.2) is 65.6 Å². The zero-order chi connectivity index (χ0) is 17.5. The summed E-state index contributed by atoms with van der Waals surface area (Å²) in [5.74, 6) is 0.106. The highest BCUT2D eigenvalue weighted by Gasteiger charge is 2.24. The monoisotopic (exact) mass is 354 g/mol. The van der Waals surface area contributed by atoms with Gasteiger partial charge < -0.3 is 5.32 Å². The van der Waals surface area contributed by atoms with Crippen molar-refractivity contribution in [2.75, 3.05) is 19.6 Å². The van der Waals surface area contributed by atoms with Crippen molar-refractivity contribution in [3.8, 4) is 0 Å². The number of nitrogens with zero attached hydrogens (tertiary/aromatic N) is 1. The Labute approximate surface area is 154 Å². The fourth-order valence-electron chi connectivity index (χ4n) is 3.28. The summed E-state index contributed by atoms with van der Waals surface area (Å²) in [5.41, 5.74) is 1.29. The molecule has 2 atom stereocenters. The second-order valence-electron chi connectivity index (χ2n) is 6.49. The van der Waals surface area contributed by atoms with E-state index in [1.807, 2.05) is 43.3 Å². The smallest absolute Gasteiger partial charge is 0.233 e. The highest BCUT2D eigenvalue weighted by atomic mass is 32.2. The van der Waals surface area contributed by atoms with Crippen molar-refractivity contribution in [3.63, 3.8) is 0 Å². The van der Waals surface area contributed by atoms with E-state index in [0.717, 1.165) is 18.0 Å². The van der Waals surface area contributed by atoms with Gasteiger partial charge in [0, 0.05) is 11.4 Å². The van der Waals surface area contributed by atoms with E-state index in [-0.39, 0.29) is 17.2 Å². The molecule has 2 unspecified atom stereocenters. The molecule has 0 bridgehead atoms. The molecule has 25 heavy (non-hydrogen) atoms. The molecule has 2 aromatic carbocycles. The number of carbonyl (C=O) groups is 1. The van der Waals surface area contributed by atoms with Crippen molar-refractivity contribution in [1.29, 1.82) is 0 Å². The first-order valence-corrected chi connectivity index (χ1v) is 9.90. The zero-order valence-corrected chi connectivity index (χ0v) is 15.5. The minimum absolute atomic E-state index is 0.0996. The maximum absolute atomic E-state index is 12.5. The zero-order valence-electron chi connectivity index (χ0n) is 14.7. The molecule has 0 spiro atoms. The van der Waals surface area contributed by atoms with Crippen LogP contribution in [0.4, 0.5) is 0 Å². The Balaban J connectivity index is 1.59. The van der Waals surface area contributed by atoms with Gasteiger partial charge in [0.25, 0.3) is 0 Å². The number of hydrogen-bond acceptors (Lipinski definition) is 3. The minimum Gasteiger partial charge on any atom is -0.353 e. The molecule has 4 heteroatoms. The lowest BCUT2D eigenvalue weighted by Gasteiger charge is -2.28. The Kier molecular flexibility index (Phi) is 6.54. The molecule has 0 saturated carbocycles. The molecule has 0 radical (unpaired) electrons. The third-order valence-electron chi connectivity index (χ3n) is 4.66. The Morgan fingerprint density at radius 2 is 1.64 bits per heavy atom. The van der Waals surface area contributed by atoms with Crippen LogP contribution < -0.4 is 5.32 Å². The fraction of sp³-hybridized carbons (Fsp3) is 0.381. The van der Waals surface area contributed by atoms with E-state index in [4.69, 9.17) is 0 Å². The molecule has 0 aliphatic carbocycles. The second kappa shape index (κ2) is 9.07. The van der Waals surface area contributed by atoms with Crippen LogP contribution in [0.3, 0.4) is 0 Å². The van der Waals surface area contributed by atoms with Crippen molar-refractivity contribution in [1.82, 2.24) is 10.2 Å². The van der Waals surface area contributed by atoms with Crippen LogP contribution in [-0.4, -0.2) is 35.7 Å². The molecule has 0 aromatic heterocycles. The molecule has 1 saturated heterocycles. The predicted octanol–water partition coefficient (Wildman–Crippen LogP) is 4.12.